The van der Waals surface area contributed by atoms with Crippen LogP contribution in [0.1, 0.15) is 0 Å². The third-order valence-corrected chi connectivity index (χ3v) is 13.8. The Kier molecular flexibility index (Phi) is 8.08. The van der Waals surface area contributed by atoms with Gasteiger partial charge in [-0.3, -0.25) is 4.79 Å². The van der Waals surface area contributed by atoms with Gasteiger partial charge in [0.2, 0.25) is 5.70 Å². The first-order valence-electron chi connectivity index (χ1n) is 7.77. The van der Waals surface area contributed by atoms with E-state index < -0.39 is 25.2 Å². The van der Waals surface area contributed by atoms with E-state index in [1.165, 1.54) is 0 Å². The van der Waals surface area contributed by atoms with E-state index in [9.17, 15) is 9.59 Å². The summed E-state index contributed by atoms with van der Waals surface area (Å²) >= 11 is 0. The number of nitriles is 1. The summed E-state index contributed by atoms with van der Waals surface area (Å²) in [5.41, 5.74) is -0.151. The van der Waals surface area contributed by atoms with Gasteiger partial charge in [-0.1, -0.05) is 13.2 Å². The lowest BCUT2D eigenvalue weighted by Gasteiger charge is -2.38. The zero-order valence-corrected chi connectivity index (χ0v) is 18.9. The molecule has 136 valence electrons. The van der Waals surface area contributed by atoms with E-state index in [1.54, 1.807) is 6.07 Å². The SMILES string of the molecule is [C-]#[N+]C(=C)C(=O)C[Si](C)(C)O[Si](C)(C)O[Si](C)(C)CC(=O)C(=C)C#N. The van der Waals surface area contributed by atoms with Crippen molar-refractivity contribution >= 4 is 36.8 Å². The molecule has 0 bridgehead atoms. The number of hydrogen-bond acceptors (Lipinski definition) is 5. The highest BCUT2D eigenvalue weighted by Gasteiger charge is 2.41. The minimum Gasteiger partial charge on any atom is -0.436 e. The number of hydrogen-bond donors (Lipinski definition) is 0. The number of nitrogens with zero attached hydrogens (tertiary/aromatic N) is 2. The second kappa shape index (κ2) is 8.65. The Balaban J connectivity index is 5.02. The Hall–Kier alpha value is -1.63. The van der Waals surface area contributed by atoms with Crippen LogP contribution in [0.25, 0.3) is 4.85 Å². The first-order chi connectivity index (χ1) is 11.1. The van der Waals surface area contributed by atoms with Crippen molar-refractivity contribution in [2.24, 2.45) is 0 Å². The average molecular weight is 395 g/mol. The molecule has 0 aliphatic carbocycles. The van der Waals surface area contributed by atoms with Crippen molar-refractivity contribution in [2.45, 2.75) is 51.4 Å². The molecule has 9 heteroatoms. The minimum absolute atomic E-state index is 0.0671. The van der Waals surface area contributed by atoms with Crippen molar-refractivity contribution in [3.8, 4) is 6.07 Å². The first kappa shape index (κ1) is 23.4. The van der Waals surface area contributed by atoms with E-state index in [4.69, 9.17) is 20.1 Å². The van der Waals surface area contributed by atoms with Crippen molar-refractivity contribution in [3.05, 3.63) is 35.8 Å². The first-order valence-corrected chi connectivity index (χ1v) is 16.8. The van der Waals surface area contributed by atoms with Crippen molar-refractivity contribution in [1.82, 2.24) is 0 Å². The van der Waals surface area contributed by atoms with Gasteiger partial charge in [0, 0.05) is 12.1 Å². The number of allylic oxidation sites excluding steroid dienone is 2. The predicted molar refractivity (Wildman–Crippen MR) is 105 cm³/mol. The summed E-state index contributed by atoms with van der Waals surface area (Å²) in [4.78, 5) is 27.0. The van der Waals surface area contributed by atoms with Crippen LogP contribution in [0.2, 0.25) is 51.4 Å². The molecule has 0 radical (unpaired) electrons. The predicted octanol–water partition coefficient (Wildman–Crippen LogP) is 3.78. The molecule has 0 unspecified atom stereocenters. The summed E-state index contributed by atoms with van der Waals surface area (Å²) < 4.78 is 12.4. The van der Waals surface area contributed by atoms with Gasteiger partial charge in [0.1, 0.15) is 6.07 Å². The van der Waals surface area contributed by atoms with Crippen LogP contribution in [-0.4, -0.2) is 36.8 Å². The monoisotopic (exact) mass is 394 g/mol. The van der Waals surface area contributed by atoms with Gasteiger partial charge in [-0.25, -0.2) is 4.85 Å². The maximum atomic E-state index is 12.0. The summed E-state index contributed by atoms with van der Waals surface area (Å²) in [6, 6.07) is 2.09. The number of carbonyl (C=O) groups excluding carboxylic acids is 2. The Morgan fingerprint density at radius 1 is 1.00 bits per heavy atom. The summed E-state index contributed by atoms with van der Waals surface area (Å²) in [7, 11) is -7.40. The van der Waals surface area contributed by atoms with Crippen LogP contribution in [0.5, 0.6) is 0 Å². The molecular formula is C16H26N2O4Si3. The van der Waals surface area contributed by atoms with Crippen LogP contribution in [0.15, 0.2) is 24.4 Å². The van der Waals surface area contributed by atoms with Gasteiger partial charge in [0.25, 0.3) is 0 Å². The van der Waals surface area contributed by atoms with E-state index in [0.29, 0.717) is 0 Å². The van der Waals surface area contributed by atoms with Crippen LogP contribution >= 0.6 is 0 Å². The van der Waals surface area contributed by atoms with Gasteiger partial charge < -0.3 is 13.0 Å². The molecule has 0 saturated heterocycles. The number of rotatable bonds is 10. The van der Waals surface area contributed by atoms with E-state index in [0.717, 1.165) is 0 Å². The Bertz CT molecular complexity index is 614. The maximum Gasteiger partial charge on any atom is 0.311 e. The van der Waals surface area contributed by atoms with Gasteiger partial charge in [-0.05, 0) is 39.3 Å². The number of carbonyl (C=O) groups is 2. The van der Waals surface area contributed by atoms with Crippen molar-refractivity contribution < 1.29 is 17.8 Å². The molecule has 0 aromatic rings. The molecule has 0 spiro atoms. The smallest absolute Gasteiger partial charge is 0.311 e. The molecule has 0 rings (SSSR count). The zero-order valence-electron chi connectivity index (χ0n) is 15.9. The summed E-state index contributed by atoms with van der Waals surface area (Å²) in [5, 5.41) is 8.77. The molecule has 6 nitrogen and oxygen atoms in total. The van der Waals surface area contributed by atoms with E-state index in [1.807, 2.05) is 39.3 Å². The largest absolute Gasteiger partial charge is 0.436 e. The van der Waals surface area contributed by atoms with E-state index >= 15 is 0 Å². The van der Waals surface area contributed by atoms with Gasteiger partial charge >= 0.3 is 8.56 Å². The van der Waals surface area contributed by atoms with Gasteiger partial charge in [0.05, 0.1) is 12.1 Å². The standard InChI is InChI=1S/C16H26N2O4Si3/c1-13(10-17)15(19)11-23(4,5)21-25(8,9)22-24(6,7)12-16(20)14(2)18-3/h1-2,11-12H2,4-9H3. The molecule has 0 aromatic heterocycles. The maximum absolute atomic E-state index is 12.0. The molecular weight excluding hydrogens is 368 g/mol. The van der Waals surface area contributed by atoms with Crippen LogP contribution in [0, 0.1) is 17.9 Å². The molecule has 0 saturated carbocycles. The zero-order chi connectivity index (χ0) is 20.1. The van der Waals surface area contributed by atoms with Crippen LogP contribution in [0.3, 0.4) is 0 Å². The normalized spacial score (nSPS) is 12.0. The van der Waals surface area contributed by atoms with Crippen molar-refractivity contribution in [3.63, 3.8) is 0 Å². The Labute approximate surface area is 153 Å². The van der Waals surface area contributed by atoms with Crippen LogP contribution in [0.4, 0.5) is 0 Å². The summed E-state index contributed by atoms with van der Waals surface area (Å²) in [6.45, 7) is 25.1. The molecule has 25 heavy (non-hydrogen) atoms. The van der Waals surface area contributed by atoms with E-state index in [2.05, 4.69) is 18.0 Å². The van der Waals surface area contributed by atoms with Crippen LogP contribution in [-0.2, 0) is 17.8 Å². The quantitative estimate of drug-likeness (QED) is 0.244. The van der Waals surface area contributed by atoms with Crippen molar-refractivity contribution in [2.75, 3.05) is 0 Å². The highest BCUT2D eigenvalue weighted by Crippen LogP contribution is 2.26. The lowest BCUT2D eigenvalue weighted by atomic mass is 10.2. The lowest BCUT2D eigenvalue weighted by Crippen LogP contribution is -2.53. The van der Waals surface area contributed by atoms with E-state index in [-0.39, 0.29) is 34.9 Å². The Morgan fingerprint density at radius 2 is 1.40 bits per heavy atom. The fourth-order valence-corrected chi connectivity index (χ4v) is 16.3. The number of ketones is 2. The molecule has 0 aromatic carbocycles. The molecule has 0 heterocycles. The van der Waals surface area contributed by atoms with Gasteiger partial charge in [-0.15, -0.1) is 0 Å². The third kappa shape index (κ3) is 8.86. The lowest BCUT2D eigenvalue weighted by molar-refractivity contribution is -0.114. The fourth-order valence-electron chi connectivity index (χ4n) is 2.53. The summed E-state index contributed by atoms with van der Waals surface area (Å²) in [5.74, 6) is -0.600. The molecule has 0 atom stereocenters. The number of Topliss-reactive ketones (excluding diaryl/α,β-unsaturated/α-hetero) is 2. The molecule has 0 amide bonds. The molecule has 0 fully saturated rings. The highest BCUT2D eigenvalue weighted by atomic mass is 28.5. The van der Waals surface area contributed by atoms with Crippen molar-refractivity contribution in [1.29, 1.82) is 5.26 Å². The fraction of sp³-hybridized carbons (Fsp3) is 0.500. The minimum atomic E-state index is -2.60. The molecule has 0 aliphatic rings. The molecule has 0 aliphatic heterocycles. The molecule has 0 N–H and O–H groups in total. The van der Waals surface area contributed by atoms with Gasteiger partial charge in [0.15, 0.2) is 28.2 Å². The third-order valence-electron chi connectivity index (χ3n) is 3.15. The van der Waals surface area contributed by atoms with Crippen LogP contribution < -0.4 is 0 Å². The second-order valence-corrected chi connectivity index (χ2v) is 19.7. The summed E-state index contributed by atoms with van der Waals surface area (Å²) in [6.07, 6.45) is 0. The highest BCUT2D eigenvalue weighted by molar-refractivity contribution is 6.89. The average Bonchev–Trinajstić information content (AvgIpc) is 2.41. The topological polar surface area (TPSA) is 80.8 Å². The second-order valence-electron chi connectivity index (χ2n) is 7.47. The Morgan fingerprint density at radius 3 is 1.76 bits per heavy atom. The van der Waals surface area contributed by atoms with Gasteiger partial charge in [-0.2, -0.15) is 5.26 Å².